The summed E-state index contributed by atoms with van der Waals surface area (Å²) in [6.45, 7) is 5.54. The van der Waals surface area contributed by atoms with E-state index in [0.717, 1.165) is 0 Å². The normalized spacial score (nSPS) is 15.9. The van der Waals surface area contributed by atoms with E-state index in [0.29, 0.717) is 32.2 Å². The zero-order valence-electron chi connectivity index (χ0n) is 21.4. The zero-order chi connectivity index (χ0) is 27.8. The number of nitrogens with zero attached hydrogens (tertiary/aromatic N) is 1. The lowest BCUT2D eigenvalue weighted by Crippen LogP contribution is -2.60. The fraction of sp³-hybridized carbons (Fsp3) is 0.773. The topological polar surface area (TPSA) is 261 Å². The highest BCUT2D eigenvalue weighted by Crippen LogP contribution is 2.08. The van der Waals surface area contributed by atoms with Gasteiger partial charge in [0, 0.05) is 6.54 Å². The van der Waals surface area contributed by atoms with Crippen molar-refractivity contribution >= 4 is 29.7 Å². The van der Waals surface area contributed by atoms with Crippen LogP contribution in [0.1, 0.15) is 59.3 Å². The molecule has 0 aromatic rings. The molecule has 0 fully saturated rings. The Hall–Kier alpha value is -2.97. The van der Waals surface area contributed by atoms with Crippen LogP contribution in [0, 0.1) is 5.92 Å². The summed E-state index contributed by atoms with van der Waals surface area (Å²) in [6.07, 6.45) is 0.921. The third-order valence-corrected chi connectivity index (χ3v) is 5.76. The maximum absolute atomic E-state index is 13.0. The third kappa shape index (κ3) is 12.7. The molecule has 14 nitrogen and oxygen atoms in total. The van der Waals surface area contributed by atoms with Crippen LogP contribution in [0.4, 0.5) is 0 Å². The number of guanidine groups is 1. The van der Waals surface area contributed by atoms with Crippen LogP contribution in [0.25, 0.3) is 0 Å². The minimum Gasteiger partial charge on any atom is -0.480 e. The fourth-order valence-electron chi connectivity index (χ4n) is 3.22. The average molecular weight is 517 g/mol. The van der Waals surface area contributed by atoms with Crippen LogP contribution in [-0.4, -0.2) is 83.2 Å². The highest BCUT2D eigenvalue weighted by atomic mass is 16.4. The van der Waals surface area contributed by atoms with Crippen LogP contribution < -0.4 is 38.9 Å². The SMILES string of the molecule is CCC(C)C(N)C(=O)NC(CCCN=C(N)N)C(=O)NC(C(=O)NC(CCCCN)C(=O)O)C(C)O. The van der Waals surface area contributed by atoms with Gasteiger partial charge >= 0.3 is 5.97 Å². The first-order chi connectivity index (χ1) is 16.8. The second-order valence-corrected chi connectivity index (χ2v) is 8.83. The summed E-state index contributed by atoms with van der Waals surface area (Å²) in [6, 6.07) is -4.64. The van der Waals surface area contributed by atoms with Gasteiger partial charge in [-0.25, -0.2) is 4.79 Å². The maximum Gasteiger partial charge on any atom is 0.326 e. The van der Waals surface area contributed by atoms with Gasteiger partial charge in [-0.15, -0.1) is 0 Å². The number of hydrogen-bond donors (Lipinski definition) is 9. The molecule has 3 amide bonds. The van der Waals surface area contributed by atoms with Gasteiger partial charge in [0.15, 0.2) is 5.96 Å². The number of aliphatic imine (C=N–C) groups is 1. The molecule has 6 atom stereocenters. The van der Waals surface area contributed by atoms with Crippen molar-refractivity contribution < 1.29 is 29.4 Å². The standard InChI is InChI=1S/C22H44N8O6/c1-4-12(2)16(24)19(33)28-14(9-7-11-27-22(25)26)18(32)30-17(13(3)31)20(34)29-15(21(35)36)8-5-6-10-23/h12-17,31H,4-11,23-24H2,1-3H3,(H,28,33)(H,29,34)(H,30,32)(H,35,36)(H4,25,26,27). The molecule has 0 aliphatic heterocycles. The lowest BCUT2D eigenvalue weighted by Gasteiger charge is -2.27. The molecule has 0 heterocycles. The van der Waals surface area contributed by atoms with Crippen LogP contribution in [0.5, 0.6) is 0 Å². The van der Waals surface area contributed by atoms with E-state index in [1.54, 1.807) is 6.92 Å². The van der Waals surface area contributed by atoms with Gasteiger partial charge in [0.25, 0.3) is 0 Å². The summed E-state index contributed by atoms with van der Waals surface area (Å²) in [5, 5.41) is 26.9. The Balaban J connectivity index is 5.52. The molecular formula is C22H44N8O6. The van der Waals surface area contributed by atoms with Gasteiger partial charge in [0.05, 0.1) is 12.1 Å². The molecule has 208 valence electrons. The first kappa shape index (κ1) is 33.0. The van der Waals surface area contributed by atoms with E-state index in [-0.39, 0.29) is 31.3 Å². The van der Waals surface area contributed by atoms with Crippen molar-refractivity contribution in [3.05, 3.63) is 0 Å². The molecule has 6 unspecified atom stereocenters. The maximum atomic E-state index is 13.0. The molecule has 36 heavy (non-hydrogen) atoms. The molecule has 13 N–H and O–H groups in total. The number of carbonyl (C=O) groups excluding carboxylic acids is 3. The van der Waals surface area contributed by atoms with Crippen LogP contribution in [-0.2, 0) is 19.2 Å². The Kier molecular flexibility index (Phi) is 16.0. The number of nitrogens with two attached hydrogens (primary N) is 4. The lowest BCUT2D eigenvalue weighted by molar-refractivity contribution is -0.143. The highest BCUT2D eigenvalue weighted by molar-refractivity contribution is 5.94. The number of carboxylic acid groups (broad SMARTS) is 1. The van der Waals surface area contributed by atoms with Crippen LogP contribution in [0.15, 0.2) is 4.99 Å². The van der Waals surface area contributed by atoms with E-state index >= 15 is 0 Å². The number of hydrogen-bond acceptors (Lipinski definition) is 8. The summed E-state index contributed by atoms with van der Waals surface area (Å²) in [5.41, 5.74) is 22.0. The average Bonchev–Trinajstić information content (AvgIpc) is 2.81. The molecule has 0 radical (unpaired) electrons. The van der Waals surface area contributed by atoms with E-state index in [9.17, 15) is 29.4 Å². The number of carboxylic acids is 1. The summed E-state index contributed by atoms with van der Waals surface area (Å²) in [7, 11) is 0. The number of amides is 3. The predicted octanol–water partition coefficient (Wildman–Crippen LogP) is -2.54. The predicted molar refractivity (Wildman–Crippen MR) is 135 cm³/mol. The largest absolute Gasteiger partial charge is 0.480 e. The summed E-state index contributed by atoms with van der Waals surface area (Å²) < 4.78 is 0. The molecule has 0 bridgehead atoms. The smallest absolute Gasteiger partial charge is 0.326 e. The van der Waals surface area contributed by atoms with Crippen LogP contribution >= 0.6 is 0 Å². The van der Waals surface area contributed by atoms with E-state index < -0.39 is 54.0 Å². The van der Waals surface area contributed by atoms with Gasteiger partial charge in [-0.05, 0) is 51.5 Å². The summed E-state index contributed by atoms with van der Waals surface area (Å²) in [4.78, 5) is 53.8. The molecule has 0 aliphatic rings. The van der Waals surface area contributed by atoms with E-state index in [2.05, 4.69) is 20.9 Å². The molecule has 14 heteroatoms. The second-order valence-electron chi connectivity index (χ2n) is 8.83. The van der Waals surface area contributed by atoms with Crippen molar-refractivity contribution in [3.8, 4) is 0 Å². The highest BCUT2D eigenvalue weighted by Gasteiger charge is 2.33. The molecular weight excluding hydrogens is 472 g/mol. The summed E-state index contributed by atoms with van der Waals surface area (Å²) in [5.74, 6) is -3.68. The van der Waals surface area contributed by atoms with E-state index in [4.69, 9.17) is 22.9 Å². The van der Waals surface area contributed by atoms with Crippen LogP contribution in [0.3, 0.4) is 0 Å². The molecule has 0 saturated carbocycles. The number of rotatable bonds is 18. The molecule has 0 aliphatic carbocycles. The number of aliphatic hydroxyl groups is 1. The van der Waals surface area contributed by atoms with Crippen molar-refractivity contribution in [3.63, 3.8) is 0 Å². The quantitative estimate of drug-likeness (QED) is 0.0523. The molecule has 0 saturated heterocycles. The number of unbranched alkanes of at least 4 members (excludes halogenated alkanes) is 1. The third-order valence-electron chi connectivity index (χ3n) is 5.76. The first-order valence-corrected chi connectivity index (χ1v) is 12.2. The summed E-state index contributed by atoms with van der Waals surface area (Å²) >= 11 is 0. The zero-order valence-corrected chi connectivity index (χ0v) is 21.4. The molecule has 0 spiro atoms. The Labute approximate surface area is 212 Å². The van der Waals surface area contributed by atoms with E-state index in [1.807, 2.05) is 6.92 Å². The van der Waals surface area contributed by atoms with Gasteiger partial charge in [-0.1, -0.05) is 20.3 Å². The minimum absolute atomic E-state index is 0.118. The Morgan fingerprint density at radius 2 is 1.47 bits per heavy atom. The van der Waals surface area contributed by atoms with E-state index in [1.165, 1.54) is 6.92 Å². The van der Waals surface area contributed by atoms with Gasteiger partial charge in [0.1, 0.15) is 18.1 Å². The molecule has 0 aromatic heterocycles. The Morgan fingerprint density at radius 1 is 0.889 bits per heavy atom. The van der Waals surface area contributed by atoms with Gasteiger partial charge < -0.3 is 49.1 Å². The number of aliphatic hydroxyl groups excluding tert-OH is 1. The first-order valence-electron chi connectivity index (χ1n) is 12.2. The van der Waals surface area contributed by atoms with Crippen LogP contribution in [0.2, 0.25) is 0 Å². The van der Waals surface area contributed by atoms with Gasteiger partial charge in [-0.2, -0.15) is 0 Å². The molecule has 0 rings (SSSR count). The number of carbonyl (C=O) groups is 4. The number of aliphatic carboxylic acids is 1. The number of nitrogens with one attached hydrogen (secondary N) is 3. The Bertz CT molecular complexity index is 744. The van der Waals surface area contributed by atoms with Crippen molar-refractivity contribution in [2.24, 2.45) is 33.8 Å². The van der Waals surface area contributed by atoms with Crippen molar-refractivity contribution in [2.75, 3.05) is 13.1 Å². The lowest BCUT2D eigenvalue weighted by atomic mass is 9.98. The van der Waals surface area contributed by atoms with Crippen molar-refractivity contribution in [2.45, 2.75) is 89.6 Å². The van der Waals surface area contributed by atoms with Gasteiger partial charge in [0.2, 0.25) is 17.7 Å². The second kappa shape index (κ2) is 17.5. The minimum atomic E-state index is -1.46. The fourth-order valence-corrected chi connectivity index (χ4v) is 3.22. The monoisotopic (exact) mass is 516 g/mol. The Morgan fingerprint density at radius 3 is 1.97 bits per heavy atom. The van der Waals surface area contributed by atoms with Crippen molar-refractivity contribution in [1.82, 2.24) is 16.0 Å². The van der Waals surface area contributed by atoms with Crippen molar-refractivity contribution in [1.29, 1.82) is 0 Å². The van der Waals surface area contributed by atoms with Gasteiger partial charge in [-0.3, -0.25) is 19.4 Å². The molecule has 0 aromatic carbocycles.